The van der Waals surface area contributed by atoms with Gasteiger partial charge in [-0.3, -0.25) is 0 Å². The molecular weight excluding hydrogens is 209 g/mol. The molecule has 1 heterocycles. The number of hydrogen-bond acceptors (Lipinski definition) is 4. The van der Waals surface area contributed by atoms with Crippen LogP contribution in [0, 0.1) is 5.82 Å². The highest BCUT2D eigenvalue weighted by atomic mass is 19.1. The van der Waals surface area contributed by atoms with Crippen molar-refractivity contribution in [2.24, 2.45) is 5.73 Å². The lowest BCUT2D eigenvalue weighted by molar-refractivity contribution is 0.183. The van der Waals surface area contributed by atoms with Crippen LogP contribution in [0.4, 0.5) is 10.2 Å². The van der Waals surface area contributed by atoms with E-state index in [1.807, 2.05) is 6.92 Å². The summed E-state index contributed by atoms with van der Waals surface area (Å²) >= 11 is 0. The van der Waals surface area contributed by atoms with Crippen molar-refractivity contribution in [3.63, 3.8) is 0 Å². The van der Waals surface area contributed by atoms with Gasteiger partial charge in [0.15, 0.2) is 11.6 Å². The van der Waals surface area contributed by atoms with Crippen LogP contribution in [-0.2, 0) is 11.3 Å². The Hall–Kier alpha value is -1.20. The van der Waals surface area contributed by atoms with Gasteiger partial charge in [0.1, 0.15) is 0 Å². The van der Waals surface area contributed by atoms with Gasteiger partial charge < -0.3 is 15.4 Å². The molecule has 0 bridgehead atoms. The van der Waals surface area contributed by atoms with E-state index in [-0.39, 0.29) is 18.4 Å². The van der Waals surface area contributed by atoms with Gasteiger partial charge in [0.2, 0.25) is 0 Å². The molecule has 1 atom stereocenters. The molecule has 4 nitrogen and oxygen atoms in total. The highest BCUT2D eigenvalue weighted by molar-refractivity contribution is 5.43. The molecule has 0 aliphatic carbocycles. The molecule has 1 unspecified atom stereocenters. The fourth-order valence-electron chi connectivity index (χ4n) is 1.44. The Labute approximate surface area is 95.2 Å². The van der Waals surface area contributed by atoms with Gasteiger partial charge in [-0.05, 0) is 13.0 Å². The Morgan fingerprint density at radius 2 is 2.31 bits per heavy atom. The summed E-state index contributed by atoms with van der Waals surface area (Å²) in [4.78, 5) is 5.78. The summed E-state index contributed by atoms with van der Waals surface area (Å²) in [5, 5.41) is 0. The number of aromatic nitrogens is 1. The van der Waals surface area contributed by atoms with Crippen molar-refractivity contribution < 1.29 is 9.13 Å². The van der Waals surface area contributed by atoms with Crippen molar-refractivity contribution in [1.82, 2.24) is 4.98 Å². The number of nitrogens with two attached hydrogens (primary N) is 1. The van der Waals surface area contributed by atoms with Crippen LogP contribution in [0.1, 0.15) is 12.5 Å². The van der Waals surface area contributed by atoms with Gasteiger partial charge in [-0.25, -0.2) is 9.37 Å². The van der Waals surface area contributed by atoms with Gasteiger partial charge in [-0.15, -0.1) is 0 Å². The van der Waals surface area contributed by atoms with E-state index < -0.39 is 0 Å². The topological polar surface area (TPSA) is 51.4 Å². The third-order valence-electron chi connectivity index (χ3n) is 2.57. The molecule has 0 saturated carbocycles. The van der Waals surface area contributed by atoms with Crippen LogP contribution in [-0.4, -0.2) is 31.8 Å². The number of hydrogen-bond donors (Lipinski definition) is 1. The number of nitrogens with zero attached hydrogens (tertiary/aromatic N) is 2. The number of methoxy groups -OCH3 is 1. The monoisotopic (exact) mass is 227 g/mol. The quantitative estimate of drug-likeness (QED) is 0.820. The standard InChI is InChI=1S/C11H18FN3O/c1-8(7-16-3)15(2)11-10(12)9(6-13)4-5-14-11/h4-5,8H,6-7,13H2,1-3H3. The first kappa shape index (κ1) is 12.9. The van der Waals surface area contributed by atoms with Crippen LogP contribution in [0.3, 0.4) is 0 Å². The zero-order valence-corrected chi connectivity index (χ0v) is 9.90. The molecular formula is C11H18FN3O. The number of pyridine rings is 1. The predicted molar refractivity (Wildman–Crippen MR) is 61.8 cm³/mol. The summed E-state index contributed by atoms with van der Waals surface area (Å²) in [5.74, 6) is -0.0389. The zero-order chi connectivity index (χ0) is 12.1. The van der Waals surface area contributed by atoms with Crippen molar-refractivity contribution in [2.75, 3.05) is 25.7 Å². The SMILES string of the molecule is COCC(C)N(C)c1nccc(CN)c1F. The molecule has 0 saturated heterocycles. The van der Waals surface area contributed by atoms with Crippen LogP contribution >= 0.6 is 0 Å². The molecule has 1 aromatic heterocycles. The Morgan fingerprint density at radius 3 is 2.88 bits per heavy atom. The first-order valence-corrected chi connectivity index (χ1v) is 5.17. The molecule has 0 fully saturated rings. The molecule has 90 valence electrons. The number of ether oxygens (including phenoxy) is 1. The van der Waals surface area contributed by atoms with Gasteiger partial charge in [0, 0.05) is 32.5 Å². The van der Waals surface area contributed by atoms with Crippen LogP contribution in [0.15, 0.2) is 12.3 Å². The molecule has 0 radical (unpaired) electrons. The first-order chi connectivity index (χ1) is 7.61. The summed E-state index contributed by atoms with van der Waals surface area (Å²) in [6.07, 6.45) is 1.57. The molecule has 0 aliphatic heterocycles. The van der Waals surface area contributed by atoms with Gasteiger partial charge in [0.05, 0.1) is 12.6 Å². The summed E-state index contributed by atoms with van der Waals surface area (Å²) < 4.78 is 18.9. The Balaban J connectivity index is 2.94. The number of rotatable bonds is 5. The molecule has 0 spiro atoms. The minimum Gasteiger partial charge on any atom is -0.383 e. The summed E-state index contributed by atoms with van der Waals surface area (Å²) in [6.45, 7) is 2.64. The van der Waals surface area contributed by atoms with Crippen LogP contribution < -0.4 is 10.6 Å². The first-order valence-electron chi connectivity index (χ1n) is 5.17. The zero-order valence-electron chi connectivity index (χ0n) is 9.90. The molecule has 0 amide bonds. The fraction of sp³-hybridized carbons (Fsp3) is 0.545. The Bertz CT molecular complexity index is 346. The second-order valence-corrected chi connectivity index (χ2v) is 3.73. The van der Waals surface area contributed by atoms with E-state index in [9.17, 15) is 4.39 Å². The molecule has 1 aromatic rings. The maximum atomic E-state index is 13.9. The highest BCUT2D eigenvalue weighted by Gasteiger charge is 2.16. The summed E-state index contributed by atoms with van der Waals surface area (Å²) in [6, 6.07) is 1.65. The molecule has 16 heavy (non-hydrogen) atoms. The van der Waals surface area contributed by atoms with Gasteiger partial charge in [-0.1, -0.05) is 0 Å². The van der Waals surface area contributed by atoms with E-state index in [2.05, 4.69) is 4.98 Å². The fourth-order valence-corrected chi connectivity index (χ4v) is 1.44. The van der Waals surface area contributed by atoms with Crippen molar-refractivity contribution in [3.8, 4) is 0 Å². The van der Waals surface area contributed by atoms with Crippen LogP contribution in [0.25, 0.3) is 0 Å². The summed E-state index contributed by atoms with van der Waals surface area (Å²) in [5.41, 5.74) is 5.92. The van der Waals surface area contributed by atoms with E-state index in [4.69, 9.17) is 10.5 Å². The van der Waals surface area contributed by atoms with Crippen molar-refractivity contribution in [3.05, 3.63) is 23.6 Å². The Kier molecular flexibility index (Phi) is 4.64. The second-order valence-electron chi connectivity index (χ2n) is 3.73. The maximum absolute atomic E-state index is 13.9. The lowest BCUT2D eigenvalue weighted by Crippen LogP contribution is -2.34. The van der Waals surface area contributed by atoms with Crippen molar-refractivity contribution >= 4 is 5.82 Å². The molecule has 2 N–H and O–H groups in total. The largest absolute Gasteiger partial charge is 0.383 e. The van der Waals surface area contributed by atoms with E-state index in [1.54, 1.807) is 31.3 Å². The molecule has 0 aromatic carbocycles. The summed E-state index contributed by atoms with van der Waals surface area (Å²) in [7, 11) is 3.40. The van der Waals surface area contributed by atoms with Crippen molar-refractivity contribution in [1.29, 1.82) is 0 Å². The molecule has 5 heteroatoms. The minimum atomic E-state index is -0.351. The smallest absolute Gasteiger partial charge is 0.170 e. The molecule has 0 aliphatic rings. The highest BCUT2D eigenvalue weighted by Crippen LogP contribution is 2.19. The second kappa shape index (κ2) is 5.77. The third kappa shape index (κ3) is 2.68. The van der Waals surface area contributed by atoms with E-state index in [0.717, 1.165) is 0 Å². The lowest BCUT2D eigenvalue weighted by Gasteiger charge is -2.26. The normalized spacial score (nSPS) is 12.6. The maximum Gasteiger partial charge on any atom is 0.170 e. The Morgan fingerprint density at radius 1 is 1.62 bits per heavy atom. The van der Waals surface area contributed by atoms with Gasteiger partial charge >= 0.3 is 0 Å². The van der Waals surface area contributed by atoms with Crippen molar-refractivity contribution in [2.45, 2.75) is 19.5 Å². The van der Waals surface area contributed by atoms with Gasteiger partial charge in [-0.2, -0.15) is 0 Å². The number of anilines is 1. The van der Waals surface area contributed by atoms with E-state index >= 15 is 0 Å². The van der Waals surface area contributed by atoms with E-state index in [0.29, 0.717) is 18.0 Å². The lowest BCUT2D eigenvalue weighted by atomic mass is 10.2. The third-order valence-corrected chi connectivity index (χ3v) is 2.57. The van der Waals surface area contributed by atoms with Gasteiger partial charge in [0.25, 0.3) is 0 Å². The molecule has 1 rings (SSSR count). The van der Waals surface area contributed by atoms with E-state index in [1.165, 1.54) is 0 Å². The van der Waals surface area contributed by atoms with Crippen LogP contribution in [0.5, 0.6) is 0 Å². The number of halogens is 1. The predicted octanol–water partition coefficient (Wildman–Crippen LogP) is 1.15. The average Bonchev–Trinajstić information content (AvgIpc) is 2.29. The van der Waals surface area contributed by atoms with Crippen LogP contribution in [0.2, 0.25) is 0 Å². The average molecular weight is 227 g/mol. The number of likely N-dealkylation sites (N-methyl/N-ethyl adjacent to an activating group) is 1. The minimum absolute atomic E-state index is 0.0556.